The lowest BCUT2D eigenvalue weighted by Gasteiger charge is -2.29. The lowest BCUT2D eigenvalue weighted by Crippen LogP contribution is -2.37. The van der Waals surface area contributed by atoms with Gasteiger partial charge in [0.05, 0.1) is 6.04 Å². The molecule has 1 atom stereocenters. The van der Waals surface area contributed by atoms with Gasteiger partial charge in [0.2, 0.25) is 0 Å². The number of amides is 1. The molecule has 2 fully saturated rings. The van der Waals surface area contributed by atoms with E-state index in [9.17, 15) is 4.79 Å². The molecule has 2 aliphatic rings. The maximum absolute atomic E-state index is 12.9. The van der Waals surface area contributed by atoms with E-state index >= 15 is 0 Å². The highest BCUT2D eigenvalue weighted by atomic mass is 28.3. The fourth-order valence-electron chi connectivity index (χ4n) is 4.36. The fourth-order valence-corrected chi connectivity index (χ4v) is 5.12. The topological polar surface area (TPSA) is 68.6 Å². The third kappa shape index (κ3) is 6.80. The highest BCUT2D eigenvalue weighted by Gasteiger charge is 2.36. The van der Waals surface area contributed by atoms with Gasteiger partial charge in [-0.25, -0.2) is 9.78 Å². The Bertz CT molecular complexity index is 732. The first-order chi connectivity index (χ1) is 14.6. The van der Waals surface area contributed by atoms with Gasteiger partial charge in [0.1, 0.15) is 18.2 Å². The number of aromatic nitrogens is 2. The van der Waals surface area contributed by atoms with Gasteiger partial charge in [-0.05, 0) is 65.6 Å². The maximum Gasteiger partial charge on any atom is 0.410 e. The molecule has 31 heavy (non-hydrogen) atoms. The lowest BCUT2D eigenvalue weighted by atomic mass is 9.95. The maximum atomic E-state index is 12.9. The zero-order chi connectivity index (χ0) is 22.6. The van der Waals surface area contributed by atoms with Crippen LogP contribution < -0.4 is 5.32 Å². The van der Waals surface area contributed by atoms with Crippen LogP contribution in [0.15, 0.2) is 6.20 Å². The minimum Gasteiger partial charge on any atom is -0.444 e. The number of carbonyl (C=O) groups excluding carboxylic acids is 1. The van der Waals surface area contributed by atoms with Crippen molar-refractivity contribution < 1.29 is 14.3 Å². The van der Waals surface area contributed by atoms with Gasteiger partial charge in [-0.3, -0.25) is 4.90 Å². The van der Waals surface area contributed by atoms with Crippen molar-refractivity contribution in [1.82, 2.24) is 19.8 Å². The molecule has 3 rings (SSSR count). The van der Waals surface area contributed by atoms with Gasteiger partial charge in [0, 0.05) is 39.0 Å². The summed E-state index contributed by atoms with van der Waals surface area (Å²) in [5.74, 6) is 1.43. The third-order valence-corrected chi connectivity index (χ3v) is 7.77. The average molecular weight is 451 g/mol. The molecule has 0 aromatic carbocycles. The highest BCUT2D eigenvalue weighted by Crippen LogP contribution is 2.35. The quantitative estimate of drug-likeness (QED) is 0.480. The van der Waals surface area contributed by atoms with Crippen molar-refractivity contribution in [2.75, 3.05) is 26.2 Å². The molecule has 0 saturated carbocycles. The molecule has 2 aliphatic heterocycles. The second-order valence-corrected chi connectivity index (χ2v) is 16.8. The SMILES string of the molecule is CC(C)(C)OC(=O)N1CCC[C@@H]1c1ncc(C2CCNCC2)n1COCC[Si](C)(C)C. The van der Waals surface area contributed by atoms with Crippen molar-refractivity contribution in [3.63, 3.8) is 0 Å². The summed E-state index contributed by atoms with van der Waals surface area (Å²) in [6.45, 7) is 16.9. The van der Waals surface area contributed by atoms with Gasteiger partial charge in [-0.1, -0.05) is 19.6 Å². The first-order valence-electron chi connectivity index (χ1n) is 11.9. The Labute approximate surface area is 188 Å². The molecule has 0 radical (unpaired) electrons. The van der Waals surface area contributed by atoms with E-state index in [1.165, 1.54) is 5.69 Å². The van der Waals surface area contributed by atoms with E-state index in [4.69, 9.17) is 14.5 Å². The number of hydrogen-bond donors (Lipinski definition) is 1. The van der Waals surface area contributed by atoms with Gasteiger partial charge < -0.3 is 19.4 Å². The van der Waals surface area contributed by atoms with Gasteiger partial charge in [-0.2, -0.15) is 0 Å². The molecular weight excluding hydrogens is 408 g/mol. The number of imidazole rings is 1. The number of likely N-dealkylation sites (tertiary alicyclic amines) is 1. The molecular formula is C23H42N4O3Si. The molecule has 1 aromatic rings. The Hall–Kier alpha value is -1.38. The molecule has 3 heterocycles. The molecule has 0 unspecified atom stereocenters. The van der Waals surface area contributed by atoms with E-state index in [0.29, 0.717) is 19.2 Å². The van der Waals surface area contributed by atoms with Crippen LogP contribution in [0.1, 0.15) is 69.9 Å². The van der Waals surface area contributed by atoms with Gasteiger partial charge >= 0.3 is 6.09 Å². The van der Waals surface area contributed by atoms with Gasteiger partial charge in [0.25, 0.3) is 0 Å². The minimum atomic E-state index is -1.14. The second-order valence-electron chi connectivity index (χ2n) is 11.2. The molecule has 2 saturated heterocycles. The van der Waals surface area contributed by atoms with Crippen molar-refractivity contribution in [3.05, 3.63) is 17.7 Å². The number of ether oxygens (including phenoxy) is 2. The van der Waals surface area contributed by atoms with Crippen LogP contribution in [0.25, 0.3) is 0 Å². The molecule has 0 bridgehead atoms. The molecule has 1 amide bonds. The Morgan fingerprint density at radius 1 is 1.23 bits per heavy atom. The number of carbonyl (C=O) groups is 1. The Balaban J connectivity index is 1.80. The van der Waals surface area contributed by atoms with Gasteiger partial charge in [0.15, 0.2) is 0 Å². The lowest BCUT2D eigenvalue weighted by molar-refractivity contribution is 0.0202. The molecule has 0 spiro atoms. The van der Waals surface area contributed by atoms with E-state index in [-0.39, 0.29) is 12.1 Å². The molecule has 7 nitrogen and oxygen atoms in total. The monoisotopic (exact) mass is 450 g/mol. The van der Waals surface area contributed by atoms with Crippen LogP contribution in [0.2, 0.25) is 25.7 Å². The smallest absolute Gasteiger partial charge is 0.410 e. The molecule has 1 aromatic heterocycles. The normalized spacial score (nSPS) is 21.0. The van der Waals surface area contributed by atoms with Crippen LogP contribution in [0.3, 0.4) is 0 Å². The molecule has 1 N–H and O–H groups in total. The molecule has 176 valence electrons. The van der Waals surface area contributed by atoms with Crippen LogP contribution in [0.4, 0.5) is 4.79 Å². The summed E-state index contributed by atoms with van der Waals surface area (Å²) < 4.78 is 14.1. The summed E-state index contributed by atoms with van der Waals surface area (Å²) in [6.07, 6.45) is 5.89. The van der Waals surface area contributed by atoms with E-state index < -0.39 is 13.7 Å². The average Bonchev–Trinajstić information content (AvgIpc) is 3.30. The number of rotatable bonds is 7. The number of hydrogen-bond acceptors (Lipinski definition) is 5. The number of nitrogens with zero attached hydrogens (tertiary/aromatic N) is 3. The zero-order valence-electron chi connectivity index (χ0n) is 20.4. The number of piperidine rings is 1. The summed E-state index contributed by atoms with van der Waals surface area (Å²) >= 11 is 0. The Kier molecular flexibility index (Phi) is 7.86. The minimum absolute atomic E-state index is 0.0501. The summed E-state index contributed by atoms with van der Waals surface area (Å²) in [6, 6.07) is 1.10. The van der Waals surface area contributed by atoms with Crippen molar-refractivity contribution in [1.29, 1.82) is 0 Å². The predicted molar refractivity (Wildman–Crippen MR) is 126 cm³/mol. The van der Waals surface area contributed by atoms with Crippen molar-refractivity contribution in [2.45, 2.75) is 96.4 Å². The first-order valence-corrected chi connectivity index (χ1v) is 15.6. The van der Waals surface area contributed by atoms with E-state index in [0.717, 1.165) is 57.2 Å². The Morgan fingerprint density at radius 3 is 2.58 bits per heavy atom. The van der Waals surface area contributed by atoms with Crippen LogP contribution in [-0.2, 0) is 16.2 Å². The summed E-state index contributed by atoms with van der Waals surface area (Å²) in [5.41, 5.74) is 0.750. The summed E-state index contributed by atoms with van der Waals surface area (Å²) in [7, 11) is -1.14. The molecule has 0 aliphatic carbocycles. The van der Waals surface area contributed by atoms with Crippen molar-refractivity contribution in [3.8, 4) is 0 Å². The van der Waals surface area contributed by atoms with Crippen molar-refractivity contribution >= 4 is 14.2 Å². The van der Waals surface area contributed by atoms with E-state index in [2.05, 4.69) is 29.5 Å². The largest absolute Gasteiger partial charge is 0.444 e. The van der Waals surface area contributed by atoms with Crippen LogP contribution in [0, 0.1) is 0 Å². The third-order valence-electron chi connectivity index (χ3n) is 6.07. The van der Waals surface area contributed by atoms with E-state index in [1.54, 1.807) is 0 Å². The van der Waals surface area contributed by atoms with Crippen LogP contribution >= 0.6 is 0 Å². The van der Waals surface area contributed by atoms with Crippen LogP contribution in [0.5, 0.6) is 0 Å². The standard InChI is InChI=1S/C23H42N4O3Si/c1-23(2,3)30-22(28)26-13-7-8-19(26)21-25-16-20(18-9-11-24-12-10-18)27(21)17-29-14-15-31(4,5)6/h16,18-19,24H,7-15,17H2,1-6H3/t19-/m1/s1. The summed E-state index contributed by atoms with van der Waals surface area (Å²) in [4.78, 5) is 19.6. The number of nitrogens with one attached hydrogen (secondary N) is 1. The van der Waals surface area contributed by atoms with E-state index in [1.807, 2.05) is 31.9 Å². The second kappa shape index (κ2) is 10.0. The fraction of sp³-hybridized carbons (Fsp3) is 0.826. The predicted octanol–water partition coefficient (Wildman–Crippen LogP) is 4.73. The highest BCUT2D eigenvalue weighted by molar-refractivity contribution is 6.76. The van der Waals surface area contributed by atoms with Crippen molar-refractivity contribution in [2.24, 2.45) is 0 Å². The zero-order valence-corrected chi connectivity index (χ0v) is 21.4. The summed E-state index contributed by atoms with van der Waals surface area (Å²) in [5, 5.41) is 3.45. The Morgan fingerprint density at radius 2 is 1.94 bits per heavy atom. The molecule has 8 heteroatoms. The van der Waals surface area contributed by atoms with Gasteiger partial charge in [-0.15, -0.1) is 0 Å². The first kappa shape index (κ1) is 24.3. The van der Waals surface area contributed by atoms with Crippen LogP contribution in [-0.4, -0.2) is 60.5 Å².